The van der Waals surface area contributed by atoms with Gasteiger partial charge in [0.15, 0.2) is 0 Å². The van der Waals surface area contributed by atoms with E-state index < -0.39 is 0 Å². The third kappa shape index (κ3) is 3.05. The van der Waals surface area contributed by atoms with Gasteiger partial charge in [0.1, 0.15) is 5.76 Å². The Hall–Kier alpha value is -0.910. The molecular weight excluding hydrogens is 256 g/mol. The predicted molar refractivity (Wildman–Crippen MR) is 74.6 cm³/mol. The van der Waals surface area contributed by atoms with Gasteiger partial charge in [-0.15, -0.1) is 0 Å². The third-order valence-electron chi connectivity index (χ3n) is 4.51. The van der Waals surface area contributed by atoms with Crippen molar-refractivity contribution in [2.75, 3.05) is 19.8 Å². The highest BCUT2D eigenvalue weighted by Crippen LogP contribution is 2.34. The number of hydrogen-bond donors (Lipinski definition) is 1. The molecule has 0 aliphatic carbocycles. The minimum atomic E-state index is 0.0383. The average molecular weight is 280 g/mol. The quantitative estimate of drug-likeness (QED) is 0.919. The number of hydrogen-bond acceptors (Lipinski definition) is 5. The van der Waals surface area contributed by atoms with Crippen LogP contribution < -0.4 is 5.32 Å². The fourth-order valence-electron chi connectivity index (χ4n) is 3.14. The van der Waals surface area contributed by atoms with Crippen LogP contribution in [0.4, 0.5) is 0 Å². The molecule has 2 saturated heterocycles. The first-order valence-electron chi connectivity index (χ1n) is 7.55. The second-order valence-electron chi connectivity index (χ2n) is 5.96. The van der Waals surface area contributed by atoms with E-state index >= 15 is 0 Å². The molecule has 2 aliphatic rings. The number of rotatable bonds is 3. The summed E-state index contributed by atoms with van der Waals surface area (Å²) in [4.78, 5) is 4.42. The van der Waals surface area contributed by atoms with E-state index in [0.29, 0.717) is 12.6 Å². The number of aryl methyl sites for hydroxylation is 2. The summed E-state index contributed by atoms with van der Waals surface area (Å²) in [7, 11) is 0. The van der Waals surface area contributed by atoms with Crippen molar-refractivity contribution < 1.29 is 13.9 Å². The standard InChI is InChI=1S/C15H24N2O3/c1-11-12(2)20-14(17-11)10-16-13-3-6-19-15(9-13)4-7-18-8-5-15/h13,16H,3-10H2,1-2H3. The lowest BCUT2D eigenvalue weighted by molar-refractivity contribution is -0.140. The summed E-state index contributed by atoms with van der Waals surface area (Å²) >= 11 is 0. The van der Waals surface area contributed by atoms with Gasteiger partial charge in [-0.05, 0) is 39.5 Å². The Bertz CT molecular complexity index is 427. The van der Waals surface area contributed by atoms with E-state index in [1.54, 1.807) is 0 Å². The van der Waals surface area contributed by atoms with E-state index in [9.17, 15) is 0 Å². The summed E-state index contributed by atoms with van der Waals surface area (Å²) in [5, 5.41) is 3.57. The summed E-state index contributed by atoms with van der Waals surface area (Å²) in [6, 6.07) is 0.481. The molecule has 112 valence electrons. The smallest absolute Gasteiger partial charge is 0.208 e. The number of nitrogens with one attached hydrogen (secondary N) is 1. The molecule has 20 heavy (non-hydrogen) atoms. The highest BCUT2D eigenvalue weighted by Gasteiger charge is 2.38. The maximum absolute atomic E-state index is 6.05. The zero-order valence-electron chi connectivity index (χ0n) is 12.4. The van der Waals surface area contributed by atoms with Crippen LogP contribution >= 0.6 is 0 Å². The predicted octanol–water partition coefficient (Wildman–Crippen LogP) is 2.11. The second-order valence-corrected chi connectivity index (χ2v) is 5.96. The molecule has 1 unspecified atom stereocenters. The summed E-state index contributed by atoms with van der Waals surface area (Å²) in [5.74, 6) is 1.70. The molecule has 0 aromatic carbocycles. The molecule has 5 heteroatoms. The highest BCUT2D eigenvalue weighted by molar-refractivity contribution is 5.05. The molecule has 1 aromatic rings. The Kier molecular flexibility index (Phi) is 4.10. The number of ether oxygens (including phenoxy) is 2. The Morgan fingerprint density at radius 1 is 1.25 bits per heavy atom. The fraction of sp³-hybridized carbons (Fsp3) is 0.800. The molecule has 1 atom stereocenters. The van der Waals surface area contributed by atoms with Crippen molar-refractivity contribution in [3.05, 3.63) is 17.3 Å². The monoisotopic (exact) mass is 280 g/mol. The number of oxazole rings is 1. The van der Waals surface area contributed by atoms with Crippen molar-refractivity contribution in [3.8, 4) is 0 Å². The van der Waals surface area contributed by atoms with Crippen molar-refractivity contribution in [2.24, 2.45) is 0 Å². The molecule has 0 radical (unpaired) electrons. The SMILES string of the molecule is Cc1nc(CNC2CCOC3(CCOCC3)C2)oc1C. The summed E-state index contributed by atoms with van der Waals surface area (Å²) < 4.78 is 17.1. The molecule has 1 N–H and O–H groups in total. The van der Waals surface area contributed by atoms with Gasteiger partial charge in [-0.1, -0.05) is 0 Å². The zero-order chi connectivity index (χ0) is 14.0. The van der Waals surface area contributed by atoms with Gasteiger partial charge in [-0.25, -0.2) is 4.98 Å². The van der Waals surface area contributed by atoms with E-state index in [1.165, 1.54) is 0 Å². The Morgan fingerprint density at radius 2 is 2.05 bits per heavy atom. The summed E-state index contributed by atoms with van der Waals surface area (Å²) in [6.07, 6.45) is 4.15. The first-order chi connectivity index (χ1) is 9.67. The van der Waals surface area contributed by atoms with Gasteiger partial charge in [0.05, 0.1) is 17.8 Å². The molecule has 0 amide bonds. The normalized spacial score (nSPS) is 26.0. The maximum atomic E-state index is 6.05. The van der Waals surface area contributed by atoms with E-state index in [-0.39, 0.29) is 5.60 Å². The van der Waals surface area contributed by atoms with Crippen molar-refractivity contribution in [1.82, 2.24) is 10.3 Å². The van der Waals surface area contributed by atoms with Gasteiger partial charge in [0.25, 0.3) is 0 Å². The molecule has 5 nitrogen and oxygen atoms in total. The van der Waals surface area contributed by atoms with Gasteiger partial charge >= 0.3 is 0 Å². The zero-order valence-corrected chi connectivity index (χ0v) is 12.4. The largest absolute Gasteiger partial charge is 0.444 e. The topological polar surface area (TPSA) is 56.5 Å². The second kappa shape index (κ2) is 5.84. The van der Waals surface area contributed by atoms with Crippen molar-refractivity contribution in [1.29, 1.82) is 0 Å². The van der Waals surface area contributed by atoms with Gasteiger partial charge in [-0.2, -0.15) is 0 Å². The summed E-state index contributed by atoms with van der Waals surface area (Å²) in [5.41, 5.74) is 1.02. The van der Waals surface area contributed by atoms with Gasteiger partial charge in [0, 0.05) is 25.9 Å². The lowest BCUT2D eigenvalue weighted by atomic mass is 9.84. The van der Waals surface area contributed by atoms with E-state index in [0.717, 1.165) is 62.8 Å². The highest BCUT2D eigenvalue weighted by atomic mass is 16.5. The van der Waals surface area contributed by atoms with Crippen LogP contribution in [0.2, 0.25) is 0 Å². The van der Waals surface area contributed by atoms with Crippen LogP contribution in [0, 0.1) is 13.8 Å². The lowest BCUT2D eigenvalue weighted by Gasteiger charge is -2.43. The number of aromatic nitrogens is 1. The maximum Gasteiger partial charge on any atom is 0.208 e. The van der Waals surface area contributed by atoms with Crippen LogP contribution in [0.1, 0.15) is 43.0 Å². The Morgan fingerprint density at radius 3 is 2.75 bits per heavy atom. The Labute approximate surface area is 120 Å². The molecular formula is C15H24N2O3. The first-order valence-corrected chi connectivity index (χ1v) is 7.55. The molecule has 1 aromatic heterocycles. The molecule has 3 heterocycles. The van der Waals surface area contributed by atoms with Gasteiger partial charge < -0.3 is 19.2 Å². The fourth-order valence-corrected chi connectivity index (χ4v) is 3.14. The lowest BCUT2D eigenvalue weighted by Crippen LogP contribution is -2.49. The molecule has 0 saturated carbocycles. The molecule has 0 bridgehead atoms. The minimum absolute atomic E-state index is 0.0383. The molecule has 3 rings (SSSR count). The van der Waals surface area contributed by atoms with Gasteiger partial charge in [0.2, 0.25) is 5.89 Å². The number of nitrogens with zero attached hydrogens (tertiary/aromatic N) is 1. The molecule has 2 fully saturated rings. The van der Waals surface area contributed by atoms with Crippen LogP contribution in [0.15, 0.2) is 4.42 Å². The average Bonchev–Trinajstić information content (AvgIpc) is 2.77. The van der Waals surface area contributed by atoms with Crippen LogP contribution in [0.25, 0.3) is 0 Å². The molecule has 1 spiro atoms. The van der Waals surface area contributed by atoms with E-state index in [2.05, 4.69) is 10.3 Å². The van der Waals surface area contributed by atoms with Crippen LogP contribution in [0.5, 0.6) is 0 Å². The van der Waals surface area contributed by atoms with Crippen LogP contribution in [0.3, 0.4) is 0 Å². The minimum Gasteiger partial charge on any atom is -0.444 e. The van der Waals surface area contributed by atoms with Crippen molar-refractivity contribution in [3.63, 3.8) is 0 Å². The van der Waals surface area contributed by atoms with Gasteiger partial charge in [-0.3, -0.25) is 0 Å². The van der Waals surface area contributed by atoms with Crippen molar-refractivity contribution in [2.45, 2.75) is 57.7 Å². The van der Waals surface area contributed by atoms with Crippen LogP contribution in [-0.4, -0.2) is 36.4 Å². The van der Waals surface area contributed by atoms with Crippen LogP contribution in [-0.2, 0) is 16.0 Å². The van der Waals surface area contributed by atoms with E-state index in [1.807, 2.05) is 13.8 Å². The van der Waals surface area contributed by atoms with E-state index in [4.69, 9.17) is 13.9 Å². The first kappa shape index (κ1) is 14.0. The third-order valence-corrected chi connectivity index (χ3v) is 4.51. The van der Waals surface area contributed by atoms with Crippen molar-refractivity contribution >= 4 is 0 Å². The Balaban J connectivity index is 1.54. The molecule has 2 aliphatic heterocycles. The summed E-state index contributed by atoms with van der Waals surface area (Å²) in [6.45, 7) is 7.12.